The summed E-state index contributed by atoms with van der Waals surface area (Å²) in [6, 6.07) is 16.0. The van der Waals surface area contributed by atoms with Gasteiger partial charge in [0.25, 0.3) is 0 Å². The largest absolute Gasteiger partial charge is 0.365 e. The highest BCUT2D eigenvalue weighted by Gasteiger charge is 2.54. The van der Waals surface area contributed by atoms with Crippen molar-refractivity contribution in [1.82, 2.24) is 0 Å². The number of hydrogen-bond acceptors (Lipinski definition) is 4. The summed E-state index contributed by atoms with van der Waals surface area (Å²) in [6.45, 7) is 7.24. The number of Topliss-reactive ketones (excluding diaryl/α,β-unsaturated/α-hetero) is 1. The first kappa shape index (κ1) is 17.8. The number of ketones is 1. The molecule has 25 heavy (non-hydrogen) atoms. The van der Waals surface area contributed by atoms with Crippen LogP contribution in [0.3, 0.4) is 0 Å². The molecule has 0 saturated carbocycles. The SMILES string of the molecule is CC(=O)C1(C)CC(c2ccc(C)cc2)(c2ccc(C)cc2)OOC1O. The Morgan fingerprint density at radius 3 is 1.84 bits per heavy atom. The molecule has 2 aromatic rings. The fourth-order valence-electron chi connectivity index (χ4n) is 3.28. The second kappa shape index (κ2) is 6.37. The molecule has 3 rings (SSSR count). The Hall–Kier alpha value is -2.01. The van der Waals surface area contributed by atoms with E-state index in [-0.39, 0.29) is 5.78 Å². The van der Waals surface area contributed by atoms with Crippen LogP contribution in [0, 0.1) is 19.3 Å². The van der Waals surface area contributed by atoms with Crippen molar-refractivity contribution in [2.45, 2.75) is 46.0 Å². The van der Waals surface area contributed by atoms with Gasteiger partial charge in [0.15, 0.2) is 5.60 Å². The van der Waals surface area contributed by atoms with Gasteiger partial charge in [0.2, 0.25) is 6.29 Å². The van der Waals surface area contributed by atoms with Gasteiger partial charge in [-0.05, 0) is 38.8 Å². The molecule has 1 saturated heterocycles. The number of hydrogen-bond donors (Lipinski definition) is 1. The third-order valence-electron chi connectivity index (χ3n) is 5.28. The zero-order chi connectivity index (χ0) is 18.2. The van der Waals surface area contributed by atoms with Crippen LogP contribution in [0.2, 0.25) is 0 Å². The standard InChI is InChI=1S/C21H24O4/c1-14-5-9-17(10-6-14)21(18-11-7-15(2)8-12-18)13-20(4,16(3)22)19(23)24-25-21/h5-12,19,23H,13H2,1-4H3. The lowest BCUT2D eigenvalue weighted by molar-refractivity contribution is -0.462. The van der Waals surface area contributed by atoms with Crippen LogP contribution >= 0.6 is 0 Å². The van der Waals surface area contributed by atoms with Gasteiger partial charge >= 0.3 is 0 Å². The molecule has 1 fully saturated rings. The summed E-state index contributed by atoms with van der Waals surface area (Å²) in [7, 11) is 0. The minimum atomic E-state index is -1.30. The van der Waals surface area contributed by atoms with E-state index in [9.17, 15) is 9.90 Å². The zero-order valence-corrected chi connectivity index (χ0v) is 15.1. The molecule has 2 atom stereocenters. The van der Waals surface area contributed by atoms with Gasteiger partial charge in [-0.1, -0.05) is 59.7 Å². The van der Waals surface area contributed by atoms with E-state index in [2.05, 4.69) is 0 Å². The molecule has 0 aromatic heterocycles. The first-order chi connectivity index (χ1) is 11.8. The number of benzene rings is 2. The molecular formula is C21H24O4. The van der Waals surface area contributed by atoms with Gasteiger partial charge < -0.3 is 5.11 Å². The second-order valence-electron chi connectivity index (χ2n) is 7.24. The normalized spacial score (nSPS) is 25.6. The zero-order valence-electron chi connectivity index (χ0n) is 15.1. The van der Waals surface area contributed by atoms with Crippen molar-refractivity contribution in [3.63, 3.8) is 0 Å². The van der Waals surface area contributed by atoms with Crippen molar-refractivity contribution in [3.05, 3.63) is 70.8 Å². The van der Waals surface area contributed by atoms with Gasteiger partial charge in [-0.15, -0.1) is 0 Å². The molecule has 0 amide bonds. The van der Waals surface area contributed by atoms with E-state index in [0.29, 0.717) is 6.42 Å². The van der Waals surface area contributed by atoms with Gasteiger partial charge in [-0.25, -0.2) is 9.78 Å². The minimum absolute atomic E-state index is 0.133. The monoisotopic (exact) mass is 340 g/mol. The fraction of sp³-hybridized carbons (Fsp3) is 0.381. The summed E-state index contributed by atoms with van der Waals surface area (Å²) >= 11 is 0. The minimum Gasteiger partial charge on any atom is -0.365 e. The lowest BCUT2D eigenvalue weighted by Gasteiger charge is -2.46. The summed E-state index contributed by atoms with van der Waals surface area (Å²) in [5, 5.41) is 10.2. The molecule has 1 heterocycles. The maximum absolute atomic E-state index is 12.3. The number of carbonyl (C=O) groups is 1. The van der Waals surface area contributed by atoms with Crippen molar-refractivity contribution in [2.24, 2.45) is 5.41 Å². The summed E-state index contributed by atoms with van der Waals surface area (Å²) in [4.78, 5) is 23.3. The molecule has 0 bridgehead atoms. The average molecular weight is 340 g/mol. The summed E-state index contributed by atoms with van der Waals surface area (Å²) in [6.07, 6.45) is -1.00. The van der Waals surface area contributed by atoms with Crippen molar-refractivity contribution in [1.29, 1.82) is 0 Å². The molecule has 1 aliphatic heterocycles. The van der Waals surface area contributed by atoms with E-state index in [1.807, 2.05) is 62.4 Å². The van der Waals surface area contributed by atoms with Crippen molar-refractivity contribution in [3.8, 4) is 0 Å². The fourth-order valence-corrected chi connectivity index (χ4v) is 3.28. The highest BCUT2D eigenvalue weighted by molar-refractivity contribution is 5.82. The summed E-state index contributed by atoms with van der Waals surface area (Å²) < 4.78 is 0. The molecule has 0 spiro atoms. The topological polar surface area (TPSA) is 55.8 Å². The third kappa shape index (κ3) is 3.01. The van der Waals surface area contributed by atoms with E-state index in [1.165, 1.54) is 6.92 Å². The summed E-state index contributed by atoms with van der Waals surface area (Å²) in [5.74, 6) is -0.133. The molecule has 132 valence electrons. The average Bonchev–Trinajstić information content (AvgIpc) is 2.59. The van der Waals surface area contributed by atoms with Crippen LogP contribution in [0.5, 0.6) is 0 Å². The third-order valence-corrected chi connectivity index (χ3v) is 5.28. The van der Waals surface area contributed by atoms with Crippen LogP contribution in [0.25, 0.3) is 0 Å². The maximum atomic E-state index is 12.3. The van der Waals surface area contributed by atoms with E-state index in [1.54, 1.807) is 6.92 Å². The van der Waals surface area contributed by atoms with Gasteiger partial charge in [0.05, 0.1) is 5.41 Å². The van der Waals surface area contributed by atoms with E-state index in [0.717, 1.165) is 22.3 Å². The molecule has 1 N–H and O–H groups in total. The Balaban J connectivity index is 2.17. The number of aryl methyl sites for hydroxylation is 2. The van der Waals surface area contributed by atoms with Crippen LogP contribution in [-0.2, 0) is 20.2 Å². The molecule has 2 aromatic carbocycles. The predicted octanol–water partition coefficient (Wildman–Crippen LogP) is 3.81. The molecule has 4 heteroatoms. The van der Waals surface area contributed by atoms with Crippen LogP contribution in [0.1, 0.15) is 42.5 Å². The van der Waals surface area contributed by atoms with Crippen LogP contribution in [-0.4, -0.2) is 17.2 Å². The van der Waals surface area contributed by atoms with E-state index >= 15 is 0 Å². The molecule has 0 radical (unpaired) electrons. The molecule has 1 aliphatic rings. The molecule has 0 aliphatic carbocycles. The number of aliphatic hydroxyl groups excluding tert-OH is 1. The number of carbonyl (C=O) groups excluding carboxylic acids is 1. The molecule has 2 unspecified atom stereocenters. The van der Waals surface area contributed by atoms with Crippen molar-refractivity contribution < 1.29 is 19.7 Å². The lowest BCUT2D eigenvalue weighted by Crippen LogP contribution is -2.53. The van der Waals surface area contributed by atoms with Gasteiger partial charge in [0.1, 0.15) is 5.78 Å². The molecular weight excluding hydrogens is 316 g/mol. The Labute approximate surface area is 148 Å². The molecule has 4 nitrogen and oxygen atoms in total. The predicted molar refractivity (Wildman–Crippen MR) is 94.7 cm³/mol. The Bertz CT molecular complexity index is 718. The number of aliphatic hydroxyl groups is 1. The Morgan fingerprint density at radius 1 is 1.00 bits per heavy atom. The van der Waals surface area contributed by atoms with Gasteiger partial charge in [-0.2, -0.15) is 0 Å². The first-order valence-electron chi connectivity index (χ1n) is 8.46. The van der Waals surface area contributed by atoms with Crippen molar-refractivity contribution >= 4 is 5.78 Å². The van der Waals surface area contributed by atoms with Crippen LogP contribution < -0.4 is 0 Å². The Morgan fingerprint density at radius 2 is 1.44 bits per heavy atom. The smallest absolute Gasteiger partial charge is 0.201 e. The highest BCUT2D eigenvalue weighted by atomic mass is 17.2. The highest BCUT2D eigenvalue weighted by Crippen LogP contribution is 2.49. The quantitative estimate of drug-likeness (QED) is 0.863. The number of rotatable bonds is 3. The van der Waals surface area contributed by atoms with E-state index in [4.69, 9.17) is 9.78 Å². The van der Waals surface area contributed by atoms with Crippen molar-refractivity contribution in [2.75, 3.05) is 0 Å². The first-order valence-corrected chi connectivity index (χ1v) is 8.46. The van der Waals surface area contributed by atoms with Crippen LogP contribution in [0.15, 0.2) is 48.5 Å². The van der Waals surface area contributed by atoms with Gasteiger partial charge in [-0.3, -0.25) is 4.79 Å². The second-order valence-corrected chi connectivity index (χ2v) is 7.24. The van der Waals surface area contributed by atoms with Gasteiger partial charge in [0, 0.05) is 6.42 Å². The van der Waals surface area contributed by atoms with Crippen LogP contribution in [0.4, 0.5) is 0 Å². The van der Waals surface area contributed by atoms with E-state index < -0.39 is 17.3 Å². The maximum Gasteiger partial charge on any atom is 0.201 e. The lowest BCUT2D eigenvalue weighted by atomic mass is 9.69. The Kier molecular flexibility index (Phi) is 4.54. The summed E-state index contributed by atoms with van der Waals surface area (Å²) in [5.41, 5.74) is 2.03.